The van der Waals surface area contributed by atoms with Gasteiger partial charge in [0.2, 0.25) is 0 Å². The van der Waals surface area contributed by atoms with Gasteiger partial charge in [-0.25, -0.2) is 0 Å². The largest absolute Gasteiger partial charge is 0.393 e. The van der Waals surface area contributed by atoms with Crippen LogP contribution < -0.4 is 0 Å². The number of aliphatic hydroxyl groups is 3. The second-order valence-electron chi connectivity index (χ2n) is 11.5. The lowest BCUT2D eigenvalue weighted by molar-refractivity contribution is 0.00274. The molecule has 3 aliphatic carbocycles. The second-order valence-corrected chi connectivity index (χ2v) is 11.5. The lowest BCUT2D eigenvalue weighted by Crippen LogP contribution is -2.33. The molecule has 3 aliphatic rings. The number of rotatable bonds is 10. The number of ether oxygens (including phenoxy) is 1. The molecular weight excluding hydrogens is 424 g/mol. The fourth-order valence-electron chi connectivity index (χ4n) is 6.36. The predicted octanol–water partition coefficient (Wildman–Crippen LogP) is 6.54. The summed E-state index contributed by atoms with van der Waals surface area (Å²) in [5.41, 5.74) is 2.72. The molecule has 0 aliphatic heterocycles. The summed E-state index contributed by atoms with van der Waals surface area (Å²) in [6, 6.07) is 0. The Hall–Kier alpha value is -0.940. The molecule has 0 unspecified atom stereocenters. The van der Waals surface area contributed by atoms with Crippen LogP contribution in [-0.4, -0.2) is 45.8 Å². The SMILES string of the molecule is CCC(O)(CC)CCC/C=C/COC1CCC2(CCC/C(=C\C=C3C[C@@H](O)C[C@H](O)C3)C2)CC1. The van der Waals surface area contributed by atoms with Gasteiger partial charge in [0, 0.05) is 0 Å². The molecule has 194 valence electrons. The summed E-state index contributed by atoms with van der Waals surface area (Å²) in [7, 11) is 0. The van der Waals surface area contributed by atoms with Gasteiger partial charge in [0.15, 0.2) is 0 Å². The lowest BCUT2D eigenvalue weighted by atomic mass is 9.63. The van der Waals surface area contributed by atoms with Gasteiger partial charge in [0.25, 0.3) is 0 Å². The van der Waals surface area contributed by atoms with Gasteiger partial charge in [-0.2, -0.15) is 0 Å². The van der Waals surface area contributed by atoms with Crippen LogP contribution in [0.15, 0.2) is 35.5 Å². The Bertz CT molecular complexity index is 683. The van der Waals surface area contributed by atoms with Crippen molar-refractivity contribution in [3.05, 3.63) is 35.5 Å². The molecule has 1 spiro atoms. The quantitative estimate of drug-likeness (QED) is 0.248. The molecule has 0 heterocycles. The lowest BCUT2D eigenvalue weighted by Gasteiger charge is -2.43. The van der Waals surface area contributed by atoms with Crippen LogP contribution in [0.3, 0.4) is 0 Å². The number of aliphatic hydroxyl groups excluding tert-OH is 2. The normalized spacial score (nSPS) is 32.1. The van der Waals surface area contributed by atoms with Gasteiger partial charge in [0.05, 0.1) is 30.5 Å². The Balaban J connectivity index is 1.36. The second kappa shape index (κ2) is 13.4. The predicted molar refractivity (Wildman–Crippen MR) is 140 cm³/mol. The molecule has 0 bridgehead atoms. The number of hydrogen-bond donors (Lipinski definition) is 3. The van der Waals surface area contributed by atoms with E-state index in [1.165, 1.54) is 56.9 Å². The van der Waals surface area contributed by atoms with Gasteiger partial charge in [0.1, 0.15) is 0 Å². The van der Waals surface area contributed by atoms with Gasteiger partial charge in [-0.3, -0.25) is 0 Å². The number of allylic oxidation sites excluding steroid dienone is 4. The highest BCUT2D eigenvalue weighted by Crippen LogP contribution is 2.49. The minimum absolute atomic E-state index is 0.390. The van der Waals surface area contributed by atoms with Crippen molar-refractivity contribution in [1.29, 1.82) is 0 Å². The Morgan fingerprint density at radius 3 is 2.32 bits per heavy atom. The molecule has 2 atom stereocenters. The van der Waals surface area contributed by atoms with Gasteiger partial charge in [-0.15, -0.1) is 0 Å². The third kappa shape index (κ3) is 8.62. The highest BCUT2D eigenvalue weighted by atomic mass is 16.5. The monoisotopic (exact) mass is 474 g/mol. The van der Waals surface area contributed by atoms with Crippen molar-refractivity contribution in [3.63, 3.8) is 0 Å². The molecule has 3 rings (SSSR count). The number of unbranched alkanes of at least 4 members (excludes halogenated alkanes) is 1. The summed E-state index contributed by atoms with van der Waals surface area (Å²) in [6.45, 7) is 4.85. The summed E-state index contributed by atoms with van der Waals surface area (Å²) >= 11 is 0. The van der Waals surface area contributed by atoms with Crippen molar-refractivity contribution in [3.8, 4) is 0 Å². The first kappa shape index (κ1) is 27.6. The van der Waals surface area contributed by atoms with Crippen LogP contribution in [0.2, 0.25) is 0 Å². The van der Waals surface area contributed by atoms with Crippen LogP contribution in [0, 0.1) is 5.41 Å². The summed E-state index contributed by atoms with van der Waals surface area (Å²) < 4.78 is 6.17. The zero-order valence-electron chi connectivity index (χ0n) is 21.8. The number of hydrogen-bond acceptors (Lipinski definition) is 4. The van der Waals surface area contributed by atoms with Crippen molar-refractivity contribution < 1.29 is 20.1 Å². The van der Waals surface area contributed by atoms with Crippen LogP contribution >= 0.6 is 0 Å². The van der Waals surface area contributed by atoms with Gasteiger partial charge in [-0.05, 0) is 108 Å². The van der Waals surface area contributed by atoms with Crippen molar-refractivity contribution >= 4 is 0 Å². The van der Waals surface area contributed by atoms with Gasteiger partial charge >= 0.3 is 0 Å². The van der Waals surface area contributed by atoms with Gasteiger partial charge < -0.3 is 20.1 Å². The molecule has 0 amide bonds. The summed E-state index contributed by atoms with van der Waals surface area (Å²) in [4.78, 5) is 0. The van der Waals surface area contributed by atoms with Crippen molar-refractivity contribution in [1.82, 2.24) is 0 Å². The molecule has 0 aromatic heterocycles. The van der Waals surface area contributed by atoms with E-state index in [0.717, 1.165) is 32.1 Å². The van der Waals surface area contributed by atoms with Crippen LogP contribution in [0.25, 0.3) is 0 Å². The topological polar surface area (TPSA) is 69.9 Å². The van der Waals surface area contributed by atoms with Crippen molar-refractivity contribution in [2.75, 3.05) is 6.61 Å². The van der Waals surface area contributed by atoms with Crippen LogP contribution in [-0.2, 0) is 4.74 Å². The maximum absolute atomic E-state index is 10.4. The van der Waals surface area contributed by atoms with E-state index in [1.807, 2.05) is 0 Å². The van der Waals surface area contributed by atoms with E-state index in [-0.39, 0.29) is 0 Å². The minimum atomic E-state index is -0.478. The molecule has 0 saturated heterocycles. The van der Waals surface area contributed by atoms with E-state index in [0.29, 0.717) is 37.4 Å². The highest BCUT2D eigenvalue weighted by molar-refractivity contribution is 5.22. The van der Waals surface area contributed by atoms with E-state index >= 15 is 0 Å². The smallest absolute Gasteiger partial charge is 0.0651 e. The highest BCUT2D eigenvalue weighted by Gasteiger charge is 2.37. The zero-order chi connectivity index (χ0) is 24.4. The van der Waals surface area contributed by atoms with E-state index in [2.05, 4.69) is 38.2 Å². The van der Waals surface area contributed by atoms with E-state index in [1.54, 1.807) is 5.57 Å². The Kier molecular flexibility index (Phi) is 10.9. The van der Waals surface area contributed by atoms with Crippen LogP contribution in [0.1, 0.15) is 117 Å². The van der Waals surface area contributed by atoms with Gasteiger partial charge in [-0.1, -0.05) is 49.3 Å². The first-order valence-corrected chi connectivity index (χ1v) is 14.1. The molecule has 0 aromatic rings. The standard InChI is InChI=1S/C30H50O4/c1-3-30(33,4-2)16-7-5-6-8-19-34-28-13-17-29(18-14-28)15-9-10-24(23-29)11-12-25-20-26(31)22-27(32)21-25/h6,8,11-12,26-28,31-33H,3-5,7,9-10,13-23H2,1-2H3/b8-6+,24-11+/t26-,27-,28?,29?/m1/s1. The third-order valence-corrected chi connectivity index (χ3v) is 8.82. The molecule has 34 heavy (non-hydrogen) atoms. The summed E-state index contributed by atoms with van der Waals surface area (Å²) in [6.07, 6.45) is 24.9. The molecule has 0 radical (unpaired) electrons. The molecule has 4 heteroatoms. The molecule has 3 N–H and O–H groups in total. The Morgan fingerprint density at radius 2 is 1.65 bits per heavy atom. The third-order valence-electron chi connectivity index (χ3n) is 8.82. The first-order valence-electron chi connectivity index (χ1n) is 14.1. The van der Waals surface area contributed by atoms with Crippen molar-refractivity contribution in [2.24, 2.45) is 5.41 Å². The maximum atomic E-state index is 10.4. The average Bonchev–Trinajstić information content (AvgIpc) is 2.83. The molecule has 0 aromatic carbocycles. The fraction of sp³-hybridized carbons (Fsp3) is 0.800. The molecule has 4 nitrogen and oxygen atoms in total. The molecular formula is C30H50O4. The van der Waals surface area contributed by atoms with Crippen LogP contribution in [0.4, 0.5) is 0 Å². The molecule has 3 saturated carbocycles. The zero-order valence-corrected chi connectivity index (χ0v) is 21.8. The summed E-state index contributed by atoms with van der Waals surface area (Å²) in [5.74, 6) is 0. The maximum Gasteiger partial charge on any atom is 0.0651 e. The minimum Gasteiger partial charge on any atom is -0.393 e. The Labute approximate surface area is 208 Å². The fourth-order valence-corrected chi connectivity index (χ4v) is 6.36. The van der Waals surface area contributed by atoms with Crippen molar-refractivity contribution in [2.45, 2.75) is 140 Å². The van der Waals surface area contributed by atoms with E-state index < -0.39 is 17.8 Å². The first-order chi connectivity index (χ1) is 16.4. The summed E-state index contributed by atoms with van der Waals surface area (Å²) in [5, 5.41) is 30.2. The van der Waals surface area contributed by atoms with Crippen LogP contribution in [0.5, 0.6) is 0 Å². The van der Waals surface area contributed by atoms with E-state index in [9.17, 15) is 15.3 Å². The molecule has 3 fully saturated rings. The van der Waals surface area contributed by atoms with E-state index in [4.69, 9.17) is 4.74 Å². The Morgan fingerprint density at radius 1 is 0.971 bits per heavy atom. The average molecular weight is 475 g/mol.